The zero-order valence-corrected chi connectivity index (χ0v) is 12.8. The number of methoxy groups -OCH3 is 1. The highest BCUT2D eigenvalue weighted by molar-refractivity contribution is 5.61. The molecule has 0 spiro atoms. The molecule has 0 unspecified atom stereocenters. The molecule has 1 N–H and O–H groups in total. The molecule has 1 aromatic carbocycles. The van der Waals surface area contributed by atoms with Crippen LogP contribution in [-0.2, 0) is 11.3 Å². The summed E-state index contributed by atoms with van der Waals surface area (Å²) >= 11 is 0. The van der Waals surface area contributed by atoms with Crippen LogP contribution >= 0.6 is 0 Å². The van der Waals surface area contributed by atoms with Gasteiger partial charge in [-0.25, -0.2) is 9.97 Å². The van der Waals surface area contributed by atoms with Gasteiger partial charge >= 0.3 is 0 Å². The van der Waals surface area contributed by atoms with Crippen LogP contribution in [0.25, 0.3) is 0 Å². The third kappa shape index (κ3) is 4.16. The lowest BCUT2D eigenvalue weighted by atomic mass is 10.3. The van der Waals surface area contributed by atoms with Gasteiger partial charge in [-0.3, -0.25) is 0 Å². The maximum atomic E-state index is 5.16. The van der Waals surface area contributed by atoms with Gasteiger partial charge in [-0.15, -0.1) is 0 Å². The Balaban J connectivity index is 2.30. The van der Waals surface area contributed by atoms with Crippen LogP contribution in [0, 0.1) is 0 Å². The van der Waals surface area contributed by atoms with Crippen molar-refractivity contribution >= 4 is 17.3 Å². The fraction of sp³-hybridized carbons (Fsp3) is 0.375. The van der Waals surface area contributed by atoms with E-state index in [1.165, 1.54) is 0 Å². The highest BCUT2D eigenvalue weighted by Gasteiger charge is 2.09. The van der Waals surface area contributed by atoms with Crippen molar-refractivity contribution in [2.75, 3.05) is 30.9 Å². The Morgan fingerprint density at radius 1 is 1.19 bits per heavy atom. The molecule has 5 nitrogen and oxygen atoms in total. The van der Waals surface area contributed by atoms with Gasteiger partial charge < -0.3 is 15.0 Å². The summed E-state index contributed by atoms with van der Waals surface area (Å²) in [5, 5.41) is 3.31. The van der Waals surface area contributed by atoms with E-state index >= 15 is 0 Å². The Morgan fingerprint density at radius 2 is 1.95 bits per heavy atom. The zero-order valence-electron chi connectivity index (χ0n) is 12.8. The van der Waals surface area contributed by atoms with E-state index in [0.29, 0.717) is 12.4 Å². The first kappa shape index (κ1) is 15.3. The molecule has 21 heavy (non-hydrogen) atoms. The largest absolute Gasteiger partial charge is 0.377 e. The Kier molecular flexibility index (Phi) is 5.51. The van der Waals surface area contributed by atoms with Crippen molar-refractivity contribution in [2.24, 2.45) is 0 Å². The number of rotatable bonds is 7. The number of aromatic nitrogens is 2. The maximum absolute atomic E-state index is 5.16. The van der Waals surface area contributed by atoms with E-state index < -0.39 is 0 Å². The van der Waals surface area contributed by atoms with Crippen molar-refractivity contribution in [3.8, 4) is 0 Å². The summed E-state index contributed by atoms with van der Waals surface area (Å²) < 4.78 is 5.16. The van der Waals surface area contributed by atoms with E-state index in [2.05, 4.69) is 34.3 Å². The van der Waals surface area contributed by atoms with Crippen molar-refractivity contribution in [3.63, 3.8) is 0 Å². The molecule has 112 valence electrons. The average molecular weight is 286 g/mol. The summed E-state index contributed by atoms with van der Waals surface area (Å²) in [4.78, 5) is 11.1. The predicted molar refractivity (Wildman–Crippen MR) is 86.0 cm³/mol. The minimum Gasteiger partial charge on any atom is -0.377 e. The standard InChI is InChI=1S/C16H22N4O/c1-4-10-17-14-11-16(19-15(18-14)12-21-3)20(2)13-8-6-5-7-9-13/h5-9,11H,4,10,12H2,1-3H3,(H,17,18,19). The topological polar surface area (TPSA) is 50.3 Å². The average Bonchev–Trinajstić information content (AvgIpc) is 2.53. The van der Waals surface area contributed by atoms with E-state index in [1.54, 1.807) is 7.11 Å². The second-order valence-corrected chi connectivity index (χ2v) is 4.78. The van der Waals surface area contributed by atoms with Crippen molar-refractivity contribution in [1.82, 2.24) is 9.97 Å². The van der Waals surface area contributed by atoms with Crippen LogP contribution in [0.1, 0.15) is 19.2 Å². The Bertz CT molecular complexity index is 559. The van der Waals surface area contributed by atoms with Gasteiger partial charge in [0.2, 0.25) is 0 Å². The van der Waals surface area contributed by atoms with Crippen LogP contribution < -0.4 is 10.2 Å². The van der Waals surface area contributed by atoms with Crippen LogP contribution in [0.5, 0.6) is 0 Å². The molecule has 0 aliphatic heterocycles. The van der Waals surface area contributed by atoms with Gasteiger partial charge in [0.25, 0.3) is 0 Å². The minimum absolute atomic E-state index is 0.400. The third-order valence-electron chi connectivity index (χ3n) is 3.08. The Morgan fingerprint density at radius 3 is 2.62 bits per heavy atom. The lowest BCUT2D eigenvalue weighted by molar-refractivity contribution is 0.178. The first-order chi connectivity index (χ1) is 10.2. The number of nitrogens with zero attached hydrogens (tertiary/aromatic N) is 3. The molecule has 0 saturated carbocycles. The lowest BCUT2D eigenvalue weighted by Crippen LogP contribution is -2.14. The number of hydrogen-bond acceptors (Lipinski definition) is 5. The molecule has 0 aliphatic carbocycles. The monoisotopic (exact) mass is 286 g/mol. The number of benzene rings is 1. The first-order valence-electron chi connectivity index (χ1n) is 7.14. The summed E-state index contributed by atoms with van der Waals surface area (Å²) in [6.45, 7) is 3.41. The Labute approximate surface area is 126 Å². The van der Waals surface area contributed by atoms with Crippen LogP contribution in [-0.4, -0.2) is 30.7 Å². The van der Waals surface area contributed by atoms with Crippen LogP contribution in [0.3, 0.4) is 0 Å². The molecule has 0 aliphatic rings. The van der Waals surface area contributed by atoms with Crippen molar-refractivity contribution in [1.29, 1.82) is 0 Å². The van der Waals surface area contributed by atoms with Crippen molar-refractivity contribution in [2.45, 2.75) is 20.0 Å². The fourth-order valence-electron chi connectivity index (χ4n) is 1.98. The second kappa shape index (κ2) is 7.59. The first-order valence-corrected chi connectivity index (χ1v) is 7.14. The minimum atomic E-state index is 0.400. The summed E-state index contributed by atoms with van der Waals surface area (Å²) in [6.07, 6.45) is 1.05. The van der Waals surface area contributed by atoms with Gasteiger partial charge in [0.05, 0.1) is 0 Å². The highest BCUT2D eigenvalue weighted by atomic mass is 16.5. The number of ether oxygens (including phenoxy) is 1. The van der Waals surface area contributed by atoms with Crippen molar-refractivity contribution in [3.05, 3.63) is 42.2 Å². The van der Waals surface area contributed by atoms with Gasteiger partial charge in [0.15, 0.2) is 5.82 Å². The lowest BCUT2D eigenvalue weighted by Gasteiger charge is -2.19. The quantitative estimate of drug-likeness (QED) is 0.847. The highest BCUT2D eigenvalue weighted by Crippen LogP contribution is 2.23. The molecule has 1 heterocycles. The molecule has 0 amide bonds. The SMILES string of the molecule is CCCNc1cc(N(C)c2ccccc2)nc(COC)n1. The molecule has 2 aromatic rings. The van der Waals surface area contributed by atoms with Crippen LogP contribution in [0.4, 0.5) is 17.3 Å². The number of para-hydroxylation sites is 1. The van der Waals surface area contributed by atoms with Gasteiger partial charge in [-0.05, 0) is 18.6 Å². The summed E-state index contributed by atoms with van der Waals surface area (Å²) in [5.41, 5.74) is 1.08. The molecule has 0 atom stereocenters. The summed E-state index contributed by atoms with van der Waals surface area (Å²) in [5.74, 6) is 2.36. The van der Waals surface area contributed by atoms with Crippen molar-refractivity contribution < 1.29 is 4.74 Å². The van der Waals surface area contributed by atoms with Gasteiger partial charge in [-0.1, -0.05) is 25.1 Å². The van der Waals surface area contributed by atoms with E-state index in [9.17, 15) is 0 Å². The number of hydrogen-bond donors (Lipinski definition) is 1. The number of anilines is 3. The molecular formula is C16H22N4O. The van der Waals surface area contributed by atoms with E-state index in [1.807, 2.05) is 36.2 Å². The molecular weight excluding hydrogens is 264 g/mol. The van der Waals surface area contributed by atoms with Gasteiger partial charge in [-0.2, -0.15) is 0 Å². The molecule has 0 bridgehead atoms. The Hall–Kier alpha value is -2.14. The second-order valence-electron chi connectivity index (χ2n) is 4.78. The molecule has 0 radical (unpaired) electrons. The zero-order chi connectivity index (χ0) is 15.1. The van der Waals surface area contributed by atoms with E-state index in [4.69, 9.17) is 4.74 Å². The van der Waals surface area contributed by atoms with Crippen LogP contribution in [0.2, 0.25) is 0 Å². The smallest absolute Gasteiger partial charge is 0.158 e. The molecule has 1 aromatic heterocycles. The molecule has 2 rings (SSSR count). The van der Waals surface area contributed by atoms with E-state index in [0.717, 1.165) is 30.3 Å². The number of nitrogens with one attached hydrogen (secondary N) is 1. The molecule has 5 heteroatoms. The summed E-state index contributed by atoms with van der Waals surface area (Å²) in [6, 6.07) is 12.1. The normalized spacial score (nSPS) is 10.4. The predicted octanol–water partition coefficient (Wildman–Crippen LogP) is 3.21. The third-order valence-corrected chi connectivity index (χ3v) is 3.08. The van der Waals surface area contributed by atoms with Gasteiger partial charge in [0.1, 0.15) is 18.2 Å². The maximum Gasteiger partial charge on any atom is 0.158 e. The van der Waals surface area contributed by atoms with Crippen LogP contribution in [0.15, 0.2) is 36.4 Å². The summed E-state index contributed by atoms with van der Waals surface area (Å²) in [7, 11) is 3.65. The molecule has 0 saturated heterocycles. The fourth-order valence-corrected chi connectivity index (χ4v) is 1.98. The van der Waals surface area contributed by atoms with Gasteiger partial charge in [0, 0.05) is 32.5 Å². The molecule has 0 fully saturated rings. The van der Waals surface area contributed by atoms with E-state index in [-0.39, 0.29) is 0 Å².